The summed E-state index contributed by atoms with van der Waals surface area (Å²) in [5.74, 6) is 1.40. The van der Waals surface area contributed by atoms with Crippen molar-refractivity contribution in [1.29, 1.82) is 0 Å². The summed E-state index contributed by atoms with van der Waals surface area (Å²) in [7, 11) is 0. The second-order valence-corrected chi connectivity index (χ2v) is 5.90. The molecule has 0 spiro atoms. The fourth-order valence-corrected chi connectivity index (χ4v) is 2.61. The van der Waals surface area contributed by atoms with E-state index >= 15 is 0 Å². The molecule has 1 aromatic carbocycles. The van der Waals surface area contributed by atoms with Crippen LogP contribution in [0.2, 0.25) is 0 Å². The minimum atomic E-state index is 0.524. The van der Waals surface area contributed by atoms with Crippen LogP contribution in [0.5, 0.6) is 0 Å². The van der Waals surface area contributed by atoms with Crippen molar-refractivity contribution in [3.05, 3.63) is 70.6 Å². The number of halogens is 1. The van der Waals surface area contributed by atoms with Crippen molar-refractivity contribution in [1.82, 2.24) is 15.0 Å². The lowest BCUT2D eigenvalue weighted by Gasteiger charge is -2.10. The standard InChI is InChI=1S/C17H16BrN5/c18-15-7-14(9-20-11-15)17-21-6-5-16(23-17)22-10-13-4-2-1-3-12(13)8-19/h1-7,9,11H,8,10,19H2,(H,21,22,23). The fourth-order valence-electron chi connectivity index (χ4n) is 2.25. The van der Waals surface area contributed by atoms with Crippen molar-refractivity contribution in [2.75, 3.05) is 5.32 Å². The molecule has 0 fully saturated rings. The van der Waals surface area contributed by atoms with E-state index in [9.17, 15) is 0 Å². The third-order valence-corrected chi connectivity index (χ3v) is 3.85. The van der Waals surface area contributed by atoms with E-state index in [2.05, 4.69) is 42.3 Å². The summed E-state index contributed by atoms with van der Waals surface area (Å²) < 4.78 is 0.897. The molecule has 0 atom stereocenters. The van der Waals surface area contributed by atoms with Gasteiger partial charge in [0.2, 0.25) is 0 Å². The highest BCUT2D eigenvalue weighted by atomic mass is 79.9. The van der Waals surface area contributed by atoms with Crippen LogP contribution in [0, 0.1) is 0 Å². The molecule has 0 aliphatic heterocycles. The van der Waals surface area contributed by atoms with Gasteiger partial charge in [-0.3, -0.25) is 4.98 Å². The molecule has 0 saturated carbocycles. The van der Waals surface area contributed by atoms with Gasteiger partial charge in [0.15, 0.2) is 5.82 Å². The Labute approximate surface area is 143 Å². The number of benzene rings is 1. The van der Waals surface area contributed by atoms with Crippen LogP contribution < -0.4 is 11.1 Å². The summed E-state index contributed by atoms with van der Waals surface area (Å²) in [6, 6.07) is 11.9. The number of nitrogens with one attached hydrogen (secondary N) is 1. The van der Waals surface area contributed by atoms with Crippen LogP contribution in [-0.2, 0) is 13.1 Å². The van der Waals surface area contributed by atoms with Crippen molar-refractivity contribution < 1.29 is 0 Å². The van der Waals surface area contributed by atoms with Gasteiger partial charge in [0.05, 0.1) is 0 Å². The summed E-state index contributed by atoms with van der Waals surface area (Å²) in [6.07, 6.45) is 5.21. The quantitative estimate of drug-likeness (QED) is 0.720. The van der Waals surface area contributed by atoms with Crippen molar-refractivity contribution in [3.63, 3.8) is 0 Å². The Kier molecular flexibility index (Phi) is 4.95. The monoisotopic (exact) mass is 369 g/mol. The molecule has 2 aromatic heterocycles. The van der Waals surface area contributed by atoms with Crippen molar-refractivity contribution >= 4 is 21.7 Å². The number of nitrogens with zero attached hydrogens (tertiary/aromatic N) is 3. The third kappa shape index (κ3) is 3.91. The number of hydrogen-bond donors (Lipinski definition) is 2. The summed E-state index contributed by atoms with van der Waals surface area (Å²) in [5.41, 5.74) is 8.93. The predicted molar refractivity (Wildman–Crippen MR) is 94.6 cm³/mol. The molecule has 0 saturated heterocycles. The van der Waals surface area contributed by atoms with Crippen molar-refractivity contribution in [2.45, 2.75) is 13.1 Å². The van der Waals surface area contributed by atoms with Crippen LogP contribution in [0.3, 0.4) is 0 Å². The average molecular weight is 370 g/mol. The van der Waals surface area contributed by atoms with E-state index in [1.165, 1.54) is 5.56 Å². The molecule has 2 heterocycles. The molecule has 6 heteroatoms. The molecule has 3 N–H and O–H groups in total. The number of nitrogens with two attached hydrogens (primary N) is 1. The van der Waals surface area contributed by atoms with Gasteiger partial charge in [-0.15, -0.1) is 0 Å². The summed E-state index contributed by atoms with van der Waals surface area (Å²) in [6.45, 7) is 1.19. The Hall–Kier alpha value is -2.31. The minimum Gasteiger partial charge on any atom is -0.366 e. The molecule has 3 aromatic rings. The lowest BCUT2D eigenvalue weighted by Crippen LogP contribution is -2.07. The molecule has 0 unspecified atom stereocenters. The van der Waals surface area contributed by atoms with E-state index in [1.54, 1.807) is 18.6 Å². The Morgan fingerprint density at radius 1 is 1.09 bits per heavy atom. The molecule has 3 rings (SSSR count). The first kappa shape index (κ1) is 15.6. The van der Waals surface area contributed by atoms with E-state index in [4.69, 9.17) is 5.73 Å². The first-order valence-corrected chi connectivity index (χ1v) is 8.00. The van der Waals surface area contributed by atoms with Crippen LogP contribution in [0.4, 0.5) is 5.82 Å². The maximum Gasteiger partial charge on any atom is 0.163 e. The zero-order valence-corrected chi connectivity index (χ0v) is 14.0. The molecule has 116 valence electrons. The molecular weight excluding hydrogens is 354 g/mol. The van der Waals surface area contributed by atoms with Gasteiger partial charge in [-0.05, 0) is 39.2 Å². The second-order valence-electron chi connectivity index (χ2n) is 4.98. The summed E-state index contributed by atoms with van der Waals surface area (Å²) in [5, 5.41) is 3.32. The molecule has 23 heavy (non-hydrogen) atoms. The van der Waals surface area contributed by atoms with Gasteiger partial charge in [0.1, 0.15) is 5.82 Å². The third-order valence-electron chi connectivity index (χ3n) is 3.42. The van der Waals surface area contributed by atoms with Gasteiger partial charge in [0, 0.05) is 41.7 Å². The summed E-state index contributed by atoms with van der Waals surface area (Å²) >= 11 is 3.41. The molecule has 0 bridgehead atoms. The lowest BCUT2D eigenvalue weighted by atomic mass is 10.1. The van der Waals surface area contributed by atoms with E-state index in [0.29, 0.717) is 18.9 Å². The highest BCUT2D eigenvalue weighted by Crippen LogP contribution is 2.19. The van der Waals surface area contributed by atoms with Gasteiger partial charge < -0.3 is 11.1 Å². The van der Waals surface area contributed by atoms with Crippen molar-refractivity contribution in [3.8, 4) is 11.4 Å². The number of aromatic nitrogens is 3. The van der Waals surface area contributed by atoms with Crippen LogP contribution in [0.1, 0.15) is 11.1 Å². The predicted octanol–water partition coefficient (Wildman–Crippen LogP) is 3.37. The van der Waals surface area contributed by atoms with Gasteiger partial charge in [0.25, 0.3) is 0 Å². The van der Waals surface area contributed by atoms with Gasteiger partial charge >= 0.3 is 0 Å². The Morgan fingerprint density at radius 2 is 1.91 bits per heavy atom. The van der Waals surface area contributed by atoms with Gasteiger partial charge in [-0.25, -0.2) is 9.97 Å². The number of rotatable bonds is 5. The van der Waals surface area contributed by atoms with Crippen LogP contribution in [0.15, 0.2) is 59.5 Å². The van der Waals surface area contributed by atoms with E-state index in [-0.39, 0.29) is 0 Å². The zero-order valence-electron chi connectivity index (χ0n) is 12.4. The number of pyridine rings is 1. The summed E-state index contributed by atoms with van der Waals surface area (Å²) in [4.78, 5) is 13.0. The van der Waals surface area contributed by atoms with Gasteiger partial charge in [-0.1, -0.05) is 24.3 Å². The lowest BCUT2D eigenvalue weighted by molar-refractivity contribution is 0.999. The molecule has 0 amide bonds. The minimum absolute atomic E-state index is 0.524. The Bertz CT molecular complexity index is 806. The Balaban J connectivity index is 1.78. The SMILES string of the molecule is NCc1ccccc1CNc1ccnc(-c2cncc(Br)c2)n1. The van der Waals surface area contributed by atoms with E-state index in [0.717, 1.165) is 21.4 Å². The van der Waals surface area contributed by atoms with E-state index < -0.39 is 0 Å². The number of hydrogen-bond acceptors (Lipinski definition) is 5. The topological polar surface area (TPSA) is 76.7 Å². The largest absolute Gasteiger partial charge is 0.366 e. The normalized spacial score (nSPS) is 10.5. The molecule has 0 aliphatic carbocycles. The van der Waals surface area contributed by atoms with Crippen LogP contribution in [-0.4, -0.2) is 15.0 Å². The molecule has 0 aliphatic rings. The van der Waals surface area contributed by atoms with Crippen LogP contribution >= 0.6 is 15.9 Å². The molecule has 0 radical (unpaired) electrons. The smallest absolute Gasteiger partial charge is 0.163 e. The first-order valence-electron chi connectivity index (χ1n) is 7.21. The highest BCUT2D eigenvalue weighted by molar-refractivity contribution is 9.10. The maximum atomic E-state index is 5.77. The van der Waals surface area contributed by atoms with Gasteiger partial charge in [-0.2, -0.15) is 0 Å². The molecule has 5 nitrogen and oxygen atoms in total. The molecular formula is C17H16BrN5. The highest BCUT2D eigenvalue weighted by Gasteiger charge is 2.05. The maximum absolute atomic E-state index is 5.77. The van der Waals surface area contributed by atoms with Crippen molar-refractivity contribution in [2.24, 2.45) is 5.73 Å². The Morgan fingerprint density at radius 3 is 2.70 bits per heavy atom. The fraction of sp³-hybridized carbons (Fsp3) is 0.118. The van der Waals surface area contributed by atoms with Crippen LogP contribution in [0.25, 0.3) is 11.4 Å². The van der Waals surface area contributed by atoms with E-state index in [1.807, 2.05) is 30.3 Å². The zero-order chi connectivity index (χ0) is 16.1. The number of anilines is 1. The second kappa shape index (κ2) is 7.30. The first-order chi connectivity index (χ1) is 11.3. The average Bonchev–Trinajstić information content (AvgIpc) is 2.60.